The maximum Gasteiger partial charge on any atom is 0.330 e. The van der Waals surface area contributed by atoms with Gasteiger partial charge < -0.3 is 15.0 Å². The molecule has 0 aliphatic rings. The van der Waals surface area contributed by atoms with Crippen LogP contribution in [0.15, 0.2) is 27.8 Å². The van der Waals surface area contributed by atoms with Crippen LogP contribution in [0.2, 0.25) is 0 Å². The van der Waals surface area contributed by atoms with Gasteiger partial charge in [0.15, 0.2) is 0 Å². The smallest absolute Gasteiger partial charge is 0.330 e. The van der Waals surface area contributed by atoms with Gasteiger partial charge in [-0.3, -0.25) is 14.2 Å². The Morgan fingerprint density at radius 2 is 1.84 bits per heavy atom. The average Bonchev–Trinajstić information content (AvgIpc) is 2.59. The molecule has 0 radical (unpaired) electrons. The number of aryl methyl sites for hydroxylation is 1. The highest BCUT2D eigenvalue weighted by Gasteiger charge is 2.18. The van der Waals surface area contributed by atoms with Crippen LogP contribution in [0, 0.1) is 13.8 Å². The summed E-state index contributed by atoms with van der Waals surface area (Å²) in [7, 11) is 4.40. The third-order valence-electron chi connectivity index (χ3n) is 4.48. The number of esters is 1. The molecule has 1 heterocycles. The number of carbonyl (C=O) groups is 1. The lowest BCUT2D eigenvalue weighted by atomic mass is 9.96. The number of nitrogens with zero attached hydrogens (tertiary/aromatic N) is 2. The van der Waals surface area contributed by atoms with Crippen molar-refractivity contribution in [3.05, 3.63) is 55.9 Å². The summed E-state index contributed by atoms with van der Waals surface area (Å²) in [6, 6.07) is 4.81. The fraction of sp³-hybridized carbons (Fsp3) is 0.389. The van der Waals surface area contributed by atoms with Crippen molar-refractivity contribution in [1.29, 1.82) is 0 Å². The number of ether oxygens (including phenoxy) is 1. The first kappa shape index (κ1) is 18.7. The Morgan fingerprint density at radius 3 is 2.40 bits per heavy atom. The Morgan fingerprint density at radius 1 is 1.20 bits per heavy atom. The van der Waals surface area contributed by atoms with Crippen LogP contribution in [0.1, 0.15) is 16.8 Å². The summed E-state index contributed by atoms with van der Waals surface area (Å²) in [5, 5.41) is 0. The zero-order valence-corrected chi connectivity index (χ0v) is 15.1. The third-order valence-corrected chi connectivity index (χ3v) is 4.48. The summed E-state index contributed by atoms with van der Waals surface area (Å²) >= 11 is 0. The van der Waals surface area contributed by atoms with E-state index in [1.165, 1.54) is 18.7 Å². The number of benzene rings is 1. The fourth-order valence-corrected chi connectivity index (χ4v) is 2.88. The van der Waals surface area contributed by atoms with Crippen LogP contribution >= 0.6 is 0 Å². The van der Waals surface area contributed by atoms with E-state index < -0.39 is 12.0 Å². The molecule has 2 aromatic rings. The zero-order chi connectivity index (χ0) is 18.9. The van der Waals surface area contributed by atoms with Crippen molar-refractivity contribution in [2.45, 2.75) is 26.3 Å². The minimum Gasteiger partial charge on any atom is -0.468 e. The van der Waals surface area contributed by atoms with Crippen LogP contribution in [0.5, 0.6) is 0 Å². The molecule has 0 unspecified atom stereocenters. The van der Waals surface area contributed by atoms with Gasteiger partial charge >= 0.3 is 11.7 Å². The first-order valence-electron chi connectivity index (χ1n) is 7.89. The minimum atomic E-state index is -0.734. The number of hydrogen-bond donors (Lipinski definition) is 1. The molecule has 0 amide bonds. The maximum atomic E-state index is 12.6. The number of rotatable bonds is 4. The summed E-state index contributed by atoms with van der Waals surface area (Å²) in [6.45, 7) is 3.63. The van der Waals surface area contributed by atoms with Gasteiger partial charge in [0.2, 0.25) is 0 Å². The Balaban J connectivity index is 2.52. The van der Waals surface area contributed by atoms with Crippen molar-refractivity contribution in [3.63, 3.8) is 0 Å². The third kappa shape index (κ3) is 3.41. The number of hydrogen-bond acceptors (Lipinski definition) is 5. The molecule has 0 saturated heterocycles. The standard InChI is InChI=1S/C18H23N3O4/c1-10-8-12(9-14(19)17(23)25-5)6-7-13(10)15-11(2)20(3)18(24)21(4)16(15)22/h6-8,14H,9,19H2,1-5H3/t14-/m0/s1. The molecule has 0 fully saturated rings. The van der Waals surface area contributed by atoms with Crippen molar-refractivity contribution in [3.8, 4) is 11.1 Å². The van der Waals surface area contributed by atoms with Gasteiger partial charge in [-0.25, -0.2) is 4.79 Å². The second-order valence-corrected chi connectivity index (χ2v) is 6.15. The normalized spacial score (nSPS) is 12.1. The molecule has 1 aromatic carbocycles. The zero-order valence-electron chi connectivity index (χ0n) is 15.1. The minimum absolute atomic E-state index is 0.331. The molecule has 25 heavy (non-hydrogen) atoms. The molecular weight excluding hydrogens is 322 g/mol. The van der Waals surface area contributed by atoms with E-state index in [1.807, 2.05) is 25.1 Å². The number of nitrogens with two attached hydrogens (primary N) is 1. The lowest BCUT2D eigenvalue weighted by molar-refractivity contribution is -0.142. The fourth-order valence-electron chi connectivity index (χ4n) is 2.88. The van der Waals surface area contributed by atoms with Crippen molar-refractivity contribution in [2.24, 2.45) is 19.8 Å². The lowest BCUT2D eigenvalue weighted by Crippen LogP contribution is -2.39. The highest BCUT2D eigenvalue weighted by atomic mass is 16.5. The largest absolute Gasteiger partial charge is 0.468 e. The molecule has 1 aromatic heterocycles. The van der Waals surface area contributed by atoms with E-state index in [9.17, 15) is 14.4 Å². The van der Waals surface area contributed by atoms with Crippen LogP contribution in [0.25, 0.3) is 11.1 Å². The average molecular weight is 345 g/mol. The summed E-state index contributed by atoms with van der Waals surface area (Å²) < 4.78 is 7.19. The van der Waals surface area contributed by atoms with Gasteiger partial charge in [0.1, 0.15) is 6.04 Å². The van der Waals surface area contributed by atoms with Gasteiger partial charge in [0.25, 0.3) is 5.56 Å². The molecule has 0 aliphatic heterocycles. The monoisotopic (exact) mass is 345 g/mol. The van der Waals surface area contributed by atoms with Crippen molar-refractivity contribution in [2.75, 3.05) is 7.11 Å². The first-order chi connectivity index (χ1) is 11.7. The molecule has 0 spiro atoms. The van der Waals surface area contributed by atoms with Crippen molar-refractivity contribution >= 4 is 5.97 Å². The van der Waals surface area contributed by atoms with Gasteiger partial charge in [-0.2, -0.15) is 0 Å². The summed E-state index contributed by atoms with van der Waals surface area (Å²) in [6.07, 6.45) is 0.345. The van der Waals surface area contributed by atoms with Crippen LogP contribution in [0.3, 0.4) is 0 Å². The van der Waals surface area contributed by atoms with Crippen LogP contribution < -0.4 is 17.0 Å². The Kier molecular flexibility index (Phi) is 5.27. The van der Waals surface area contributed by atoms with Gasteiger partial charge in [0, 0.05) is 19.8 Å². The quantitative estimate of drug-likeness (QED) is 0.810. The molecule has 2 rings (SSSR count). The SMILES string of the molecule is COC(=O)[C@@H](N)Cc1ccc(-c2c(C)n(C)c(=O)n(C)c2=O)c(C)c1. The van der Waals surface area contributed by atoms with E-state index in [2.05, 4.69) is 4.74 Å². The maximum absolute atomic E-state index is 12.6. The molecule has 0 saturated carbocycles. The van der Waals surface area contributed by atoms with Gasteiger partial charge in [-0.1, -0.05) is 18.2 Å². The molecule has 0 bridgehead atoms. The van der Waals surface area contributed by atoms with Crippen LogP contribution in [0.4, 0.5) is 0 Å². The van der Waals surface area contributed by atoms with E-state index in [-0.39, 0.29) is 11.2 Å². The molecular formula is C18H23N3O4. The number of carbonyl (C=O) groups excluding carboxylic acids is 1. The second kappa shape index (κ2) is 7.06. The Hall–Kier alpha value is -2.67. The lowest BCUT2D eigenvalue weighted by Gasteiger charge is -2.15. The van der Waals surface area contributed by atoms with Gasteiger partial charge in [-0.05, 0) is 37.0 Å². The second-order valence-electron chi connectivity index (χ2n) is 6.15. The van der Waals surface area contributed by atoms with Crippen LogP contribution in [-0.4, -0.2) is 28.3 Å². The van der Waals surface area contributed by atoms with E-state index in [1.54, 1.807) is 14.0 Å². The van der Waals surface area contributed by atoms with Crippen molar-refractivity contribution in [1.82, 2.24) is 9.13 Å². The highest BCUT2D eigenvalue weighted by Crippen LogP contribution is 2.24. The number of aromatic nitrogens is 2. The van der Waals surface area contributed by atoms with Crippen LogP contribution in [-0.2, 0) is 30.0 Å². The van der Waals surface area contributed by atoms with Gasteiger partial charge in [-0.15, -0.1) is 0 Å². The van der Waals surface area contributed by atoms with E-state index in [0.717, 1.165) is 21.3 Å². The van der Waals surface area contributed by atoms with Gasteiger partial charge in [0.05, 0.1) is 12.7 Å². The van der Waals surface area contributed by atoms with E-state index >= 15 is 0 Å². The molecule has 7 nitrogen and oxygen atoms in total. The number of methoxy groups -OCH3 is 1. The Labute approximate surface area is 145 Å². The topological polar surface area (TPSA) is 96.3 Å². The molecule has 2 N–H and O–H groups in total. The first-order valence-corrected chi connectivity index (χ1v) is 7.89. The van der Waals surface area contributed by atoms with E-state index in [0.29, 0.717) is 17.7 Å². The molecule has 7 heteroatoms. The van der Waals surface area contributed by atoms with Crippen molar-refractivity contribution < 1.29 is 9.53 Å². The summed E-state index contributed by atoms with van der Waals surface area (Å²) in [4.78, 5) is 36.1. The predicted octanol–water partition coefficient (Wildman–Crippen LogP) is 0.411. The molecule has 0 aliphatic carbocycles. The molecule has 1 atom stereocenters. The summed E-state index contributed by atoms with van der Waals surface area (Å²) in [5.74, 6) is -0.468. The predicted molar refractivity (Wildman–Crippen MR) is 95.5 cm³/mol. The Bertz CT molecular complexity index is 941. The highest BCUT2D eigenvalue weighted by molar-refractivity contribution is 5.76. The summed E-state index contributed by atoms with van der Waals surface area (Å²) in [5.41, 5.74) is 8.70. The molecule has 134 valence electrons. The van der Waals surface area contributed by atoms with E-state index in [4.69, 9.17) is 5.73 Å².